The van der Waals surface area contributed by atoms with E-state index in [-0.39, 0.29) is 11.5 Å². The van der Waals surface area contributed by atoms with E-state index in [1.807, 2.05) is 25.1 Å². The number of carbonyl (C=O) groups excluding carboxylic acids is 2. The van der Waals surface area contributed by atoms with Crippen LogP contribution in [0.5, 0.6) is 0 Å². The number of benzene rings is 2. The van der Waals surface area contributed by atoms with E-state index in [2.05, 4.69) is 5.32 Å². The fourth-order valence-electron chi connectivity index (χ4n) is 2.48. The maximum atomic E-state index is 11.7. The third-order valence-corrected chi connectivity index (χ3v) is 4.83. The fourth-order valence-corrected chi connectivity index (χ4v) is 3.46. The quantitative estimate of drug-likeness (QED) is 0.597. The Morgan fingerprint density at radius 2 is 2.09 bits per heavy atom. The van der Waals surface area contributed by atoms with Crippen molar-refractivity contribution in [2.75, 3.05) is 5.32 Å². The number of anilines is 1. The zero-order chi connectivity index (χ0) is 16.6. The van der Waals surface area contributed by atoms with Gasteiger partial charge < -0.3 is 16.2 Å². The van der Waals surface area contributed by atoms with Gasteiger partial charge in [0.1, 0.15) is 0 Å². The van der Waals surface area contributed by atoms with E-state index < -0.39 is 5.91 Å². The number of nitrogens with one attached hydrogen (secondary N) is 1. The number of aliphatic hydroxyl groups is 1. The Morgan fingerprint density at radius 1 is 1.30 bits per heavy atom. The highest BCUT2D eigenvalue weighted by Crippen LogP contribution is 2.38. The highest BCUT2D eigenvalue weighted by atomic mass is 32.2. The van der Waals surface area contributed by atoms with E-state index in [1.54, 1.807) is 18.2 Å². The molecule has 2 amide bonds. The molecule has 0 radical (unpaired) electrons. The molecule has 116 valence electrons. The Bertz CT molecular complexity index is 859. The van der Waals surface area contributed by atoms with E-state index in [9.17, 15) is 9.59 Å². The smallest absolute Gasteiger partial charge is 0.259 e. The summed E-state index contributed by atoms with van der Waals surface area (Å²) in [5.41, 5.74) is 8.27. The molecule has 4 N–H and O–H groups in total. The summed E-state index contributed by atoms with van der Waals surface area (Å²) >= 11 is 1.48. The lowest BCUT2D eigenvalue weighted by atomic mass is 10.1. The summed E-state index contributed by atoms with van der Waals surface area (Å²) in [7, 11) is 0. The molecule has 0 bridgehead atoms. The summed E-state index contributed by atoms with van der Waals surface area (Å²) in [6.07, 6.45) is 0.814. The minimum atomic E-state index is -0.455. The van der Waals surface area contributed by atoms with Crippen molar-refractivity contribution in [3.63, 3.8) is 0 Å². The van der Waals surface area contributed by atoms with Gasteiger partial charge in [-0.3, -0.25) is 9.59 Å². The van der Waals surface area contributed by atoms with Crippen LogP contribution in [0.4, 0.5) is 5.69 Å². The minimum Gasteiger partial charge on any atom is -0.515 e. The summed E-state index contributed by atoms with van der Waals surface area (Å²) in [5, 5.41) is 11.8. The lowest BCUT2D eigenvalue weighted by molar-refractivity contribution is -0.110. The average Bonchev–Trinajstić information content (AvgIpc) is 2.83. The van der Waals surface area contributed by atoms with Crippen molar-refractivity contribution < 1.29 is 14.7 Å². The molecule has 3 rings (SSSR count). The second kappa shape index (κ2) is 5.81. The Morgan fingerprint density at radius 3 is 2.78 bits per heavy atom. The first kappa shape index (κ1) is 15.2. The van der Waals surface area contributed by atoms with Crippen LogP contribution in [0.1, 0.15) is 21.5 Å². The highest BCUT2D eigenvalue weighted by molar-refractivity contribution is 7.99. The van der Waals surface area contributed by atoms with Crippen LogP contribution in [0, 0.1) is 6.92 Å². The van der Waals surface area contributed by atoms with Crippen molar-refractivity contribution in [3.8, 4) is 0 Å². The van der Waals surface area contributed by atoms with Gasteiger partial charge in [-0.1, -0.05) is 23.9 Å². The highest BCUT2D eigenvalue weighted by Gasteiger charge is 2.24. The van der Waals surface area contributed by atoms with Crippen LogP contribution in [-0.2, 0) is 4.79 Å². The van der Waals surface area contributed by atoms with Crippen LogP contribution in [-0.4, -0.2) is 16.9 Å². The molecule has 1 aliphatic heterocycles. The molecule has 2 aromatic carbocycles. The number of aliphatic hydroxyl groups excluding tert-OH is 1. The second-order valence-corrected chi connectivity index (χ2v) is 6.21. The molecule has 1 aliphatic rings. The van der Waals surface area contributed by atoms with Crippen LogP contribution in [0.3, 0.4) is 0 Å². The molecule has 0 aromatic heterocycles. The van der Waals surface area contributed by atoms with Gasteiger partial charge in [-0.2, -0.15) is 0 Å². The zero-order valence-corrected chi connectivity index (χ0v) is 13.1. The number of primary amides is 1. The van der Waals surface area contributed by atoms with Gasteiger partial charge in [0, 0.05) is 20.9 Å². The van der Waals surface area contributed by atoms with Crippen LogP contribution < -0.4 is 11.1 Å². The van der Waals surface area contributed by atoms with Gasteiger partial charge in [-0.15, -0.1) is 0 Å². The standard InChI is InChI=1S/C17H14N2O3S/c1-9-11(16(18)21)3-2-4-15(9)23-10-5-6-12-13(8-20)17(22)19-14(12)7-10/h2-8,20H,1H3,(H2,18,21)(H,19,22). The van der Waals surface area contributed by atoms with Crippen molar-refractivity contribution in [1.82, 2.24) is 0 Å². The summed E-state index contributed by atoms with van der Waals surface area (Å²) in [6.45, 7) is 1.85. The number of rotatable bonds is 3. The van der Waals surface area contributed by atoms with Crippen molar-refractivity contribution in [1.29, 1.82) is 0 Å². The monoisotopic (exact) mass is 326 g/mol. The molecule has 2 aromatic rings. The van der Waals surface area contributed by atoms with Crippen molar-refractivity contribution in [2.24, 2.45) is 5.73 Å². The Labute approximate surface area is 137 Å². The third-order valence-electron chi connectivity index (χ3n) is 3.68. The normalized spacial score (nSPS) is 14.7. The molecule has 0 atom stereocenters. The molecule has 0 aliphatic carbocycles. The minimum absolute atomic E-state index is 0.253. The largest absolute Gasteiger partial charge is 0.515 e. The molecule has 1 heterocycles. The lowest BCUT2D eigenvalue weighted by Gasteiger charge is -2.09. The van der Waals surface area contributed by atoms with Gasteiger partial charge in [0.05, 0.1) is 17.5 Å². The van der Waals surface area contributed by atoms with Crippen molar-refractivity contribution in [3.05, 3.63) is 59.4 Å². The van der Waals surface area contributed by atoms with E-state index >= 15 is 0 Å². The van der Waals surface area contributed by atoms with Gasteiger partial charge in [0.15, 0.2) is 0 Å². The van der Waals surface area contributed by atoms with Crippen LogP contribution in [0.15, 0.2) is 52.5 Å². The van der Waals surface area contributed by atoms with Gasteiger partial charge in [0.25, 0.3) is 5.91 Å². The molecule has 0 fully saturated rings. The van der Waals surface area contributed by atoms with Gasteiger partial charge in [-0.25, -0.2) is 0 Å². The average molecular weight is 326 g/mol. The number of hydrogen-bond acceptors (Lipinski definition) is 4. The number of amides is 2. The molecule has 23 heavy (non-hydrogen) atoms. The first-order valence-corrected chi connectivity index (χ1v) is 7.70. The number of hydrogen-bond donors (Lipinski definition) is 3. The fraction of sp³-hybridized carbons (Fsp3) is 0.0588. The maximum Gasteiger partial charge on any atom is 0.259 e. The van der Waals surface area contributed by atoms with Crippen molar-refractivity contribution in [2.45, 2.75) is 16.7 Å². The van der Waals surface area contributed by atoms with E-state index in [4.69, 9.17) is 10.8 Å². The van der Waals surface area contributed by atoms with Crippen molar-refractivity contribution >= 4 is 34.8 Å². The van der Waals surface area contributed by atoms with E-state index in [0.717, 1.165) is 21.6 Å². The Balaban J connectivity index is 1.95. The zero-order valence-electron chi connectivity index (χ0n) is 12.3. The Kier molecular flexibility index (Phi) is 3.83. The topological polar surface area (TPSA) is 92.4 Å². The summed E-state index contributed by atoms with van der Waals surface area (Å²) < 4.78 is 0. The van der Waals surface area contributed by atoms with Gasteiger partial charge in [-0.05, 0) is 36.8 Å². The van der Waals surface area contributed by atoms with Crippen LogP contribution >= 0.6 is 11.8 Å². The number of nitrogens with two attached hydrogens (primary N) is 1. The number of carbonyl (C=O) groups is 2. The summed E-state index contributed by atoms with van der Waals surface area (Å²) in [5.74, 6) is -0.777. The molecular weight excluding hydrogens is 312 g/mol. The molecule has 6 heteroatoms. The summed E-state index contributed by atoms with van der Waals surface area (Å²) in [4.78, 5) is 25.0. The SMILES string of the molecule is Cc1c(Sc2ccc3c(c2)NC(=O)C3=CO)cccc1C(N)=O. The molecule has 5 nitrogen and oxygen atoms in total. The second-order valence-electron chi connectivity index (χ2n) is 5.10. The molecule has 0 saturated carbocycles. The molecule has 0 unspecified atom stereocenters. The lowest BCUT2D eigenvalue weighted by Crippen LogP contribution is -2.12. The van der Waals surface area contributed by atoms with Crippen LogP contribution in [0.2, 0.25) is 0 Å². The van der Waals surface area contributed by atoms with Gasteiger partial charge in [0.2, 0.25) is 5.91 Å². The van der Waals surface area contributed by atoms with Gasteiger partial charge >= 0.3 is 0 Å². The molecule has 0 spiro atoms. The predicted molar refractivity (Wildman–Crippen MR) is 89.5 cm³/mol. The van der Waals surface area contributed by atoms with E-state index in [0.29, 0.717) is 16.8 Å². The summed E-state index contributed by atoms with van der Waals surface area (Å²) in [6, 6.07) is 10.9. The first-order chi connectivity index (χ1) is 11.0. The third kappa shape index (κ3) is 2.68. The van der Waals surface area contributed by atoms with E-state index in [1.165, 1.54) is 11.8 Å². The van der Waals surface area contributed by atoms with Crippen LogP contribution in [0.25, 0.3) is 5.57 Å². The number of fused-ring (bicyclic) bond motifs is 1. The molecular formula is C17H14N2O3S. The molecule has 0 saturated heterocycles. The predicted octanol–water partition coefficient (Wildman–Crippen LogP) is 3.10. The Hall–Kier alpha value is -2.73. The first-order valence-electron chi connectivity index (χ1n) is 6.88. The maximum absolute atomic E-state index is 11.7.